The number of nitrogens with one attached hydrogen (secondary N) is 1. The summed E-state index contributed by atoms with van der Waals surface area (Å²) in [6.45, 7) is 6.82. The van der Waals surface area contributed by atoms with Crippen LogP contribution in [0.4, 0.5) is 4.79 Å². The number of aryl methyl sites for hydroxylation is 1. The molecule has 1 aromatic heterocycles. The zero-order valence-electron chi connectivity index (χ0n) is 14.2. The summed E-state index contributed by atoms with van der Waals surface area (Å²) in [5, 5.41) is 3.79. The van der Waals surface area contributed by atoms with Crippen LogP contribution in [0, 0.1) is 6.92 Å². The Kier molecular flexibility index (Phi) is 4.74. The van der Waals surface area contributed by atoms with E-state index in [2.05, 4.69) is 5.32 Å². The van der Waals surface area contributed by atoms with Gasteiger partial charge in [-0.15, -0.1) is 0 Å². The molecule has 0 saturated carbocycles. The molecule has 0 spiro atoms. The summed E-state index contributed by atoms with van der Waals surface area (Å²) in [5.41, 5.74) is 2.87. The molecule has 0 atom stereocenters. The Morgan fingerprint density at radius 1 is 1.17 bits per heavy atom. The van der Waals surface area contributed by atoms with Gasteiger partial charge in [0.25, 0.3) is 0 Å². The minimum absolute atomic E-state index is 0.0548. The summed E-state index contributed by atoms with van der Waals surface area (Å²) in [4.78, 5) is 27.9. The van der Waals surface area contributed by atoms with Gasteiger partial charge in [0, 0.05) is 43.7 Å². The van der Waals surface area contributed by atoms with Crippen LogP contribution in [0.15, 0.2) is 28.9 Å². The molecule has 3 rings (SSSR count). The third kappa shape index (κ3) is 3.37. The number of fused-ring (bicyclic) bond motifs is 1. The maximum absolute atomic E-state index is 12.5. The van der Waals surface area contributed by atoms with Crippen molar-refractivity contribution in [3.8, 4) is 0 Å². The molecule has 2 heterocycles. The number of carbonyl (C=O) groups is 2. The highest BCUT2D eigenvalue weighted by Gasteiger charge is 2.24. The van der Waals surface area contributed by atoms with Crippen molar-refractivity contribution >= 4 is 22.9 Å². The molecule has 3 amide bonds. The van der Waals surface area contributed by atoms with Crippen molar-refractivity contribution in [2.75, 3.05) is 32.7 Å². The van der Waals surface area contributed by atoms with E-state index >= 15 is 0 Å². The first-order valence-electron chi connectivity index (χ1n) is 8.35. The number of carbonyl (C=O) groups excluding carboxylic acids is 2. The number of urea groups is 1. The lowest BCUT2D eigenvalue weighted by molar-refractivity contribution is -0.131. The predicted octanol–water partition coefficient (Wildman–Crippen LogP) is 2.16. The van der Waals surface area contributed by atoms with Gasteiger partial charge in [0.2, 0.25) is 5.91 Å². The van der Waals surface area contributed by atoms with E-state index in [1.165, 1.54) is 0 Å². The van der Waals surface area contributed by atoms with E-state index in [0.717, 1.165) is 22.1 Å². The van der Waals surface area contributed by atoms with Gasteiger partial charge in [0.15, 0.2) is 0 Å². The van der Waals surface area contributed by atoms with Crippen LogP contribution in [0.3, 0.4) is 0 Å². The molecule has 0 unspecified atom stereocenters. The van der Waals surface area contributed by atoms with E-state index in [1.807, 2.05) is 36.9 Å². The average Bonchev–Trinajstić information content (AvgIpc) is 2.97. The number of benzene rings is 1. The van der Waals surface area contributed by atoms with E-state index in [4.69, 9.17) is 4.42 Å². The van der Waals surface area contributed by atoms with Crippen molar-refractivity contribution in [3.63, 3.8) is 0 Å². The van der Waals surface area contributed by atoms with Crippen molar-refractivity contribution in [1.82, 2.24) is 15.1 Å². The quantitative estimate of drug-likeness (QED) is 0.938. The summed E-state index contributed by atoms with van der Waals surface area (Å²) >= 11 is 0. The first kappa shape index (κ1) is 16.4. The van der Waals surface area contributed by atoms with Crippen LogP contribution in [0.25, 0.3) is 11.0 Å². The molecular formula is C18H23N3O3. The van der Waals surface area contributed by atoms with Crippen molar-refractivity contribution in [2.24, 2.45) is 0 Å². The Balaban J connectivity index is 1.60. The monoisotopic (exact) mass is 329 g/mol. The van der Waals surface area contributed by atoms with Crippen molar-refractivity contribution < 1.29 is 14.0 Å². The standard InChI is InChI=1S/C18H23N3O3/c1-3-19-18(23)21-8-6-20(7-9-21)17(22)11-14-12-24-16-10-13(2)4-5-15(14)16/h4-5,10,12H,3,6-9,11H2,1-2H3,(H,19,23). The smallest absolute Gasteiger partial charge is 0.317 e. The van der Waals surface area contributed by atoms with Crippen molar-refractivity contribution in [2.45, 2.75) is 20.3 Å². The molecule has 1 N–H and O–H groups in total. The first-order valence-corrected chi connectivity index (χ1v) is 8.35. The van der Waals surface area contributed by atoms with E-state index < -0.39 is 0 Å². The van der Waals surface area contributed by atoms with E-state index in [0.29, 0.717) is 39.1 Å². The van der Waals surface area contributed by atoms with Crippen LogP contribution in [-0.4, -0.2) is 54.5 Å². The molecule has 128 valence electrons. The first-order chi connectivity index (χ1) is 11.6. The van der Waals surface area contributed by atoms with Crippen LogP contribution >= 0.6 is 0 Å². The molecule has 1 saturated heterocycles. The van der Waals surface area contributed by atoms with E-state index in [1.54, 1.807) is 11.2 Å². The zero-order chi connectivity index (χ0) is 17.1. The Bertz CT molecular complexity index is 745. The molecule has 24 heavy (non-hydrogen) atoms. The molecule has 0 radical (unpaired) electrons. The fourth-order valence-corrected chi connectivity index (χ4v) is 3.02. The second kappa shape index (κ2) is 6.95. The fourth-order valence-electron chi connectivity index (χ4n) is 3.02. The Morgan fingerprint density at radius 3 is 2.58 bits per heavy atom. The highest BCUT2D eigenvalue weighted by Crippen LogP contribution is 2.23. The third-order valence-corrected chi connectivity index (χ3v) is 4.40. The molecule has 0 bridgehead atoms. The molecule has 1 aliphatic heterocycles. The van der Waals surface area contributed by atoms with Crippen LogP contribution < -0.4 is 5.32 Å². The average molecular weight is 329 g/mol. The number of amides is 3. The molecule has 2 aromatic rings. The summed E-state index contributed by atoms with van der Waals surface area (Å²) < 4.78 is 5.56. The second-order valence-corrected chi connectivity index (χ2v) is 6.14. The summed E-state index contributed by atoms with van der Waals surface area (Å²) in [5.74, 6) is 0.0776. The van der Waals surface area contributed by atoms with Crippen LogP contribution in [-0.2, 0) is 11.2 Å². The zero-order valence-corrected chi connectivity index (χ0v) is 14.2. The summed E-state index contributed by atoms with van der Waals surface area (Å²) in [6, 6.07) is 5.95. The van der Waals surface area contributed by atoms with Crippen LogP contribution in [0.1, 0.15) is 18.1 Å². The van der Waals surface area contributed by atoms with Gasteiger partial charge in [-0.25, -0.2) is 4.79 Å². The number of furan rings is 1. The van der Waals surface area contributed by atoms with E-state index in [-0.39, 0.29) is 11.9 Å². The summed E-state index contributed by atoms with van der Waals surface area (Å²) in [6.07, 6.45) is 2.00. The molecule has 1 aliphatic rings. The molecule has 1 aromatic carbocycles. The van der Waals surface area contributed by atoms with Crippen LogP contribution in [0.5, 0.6) is 0 Å². The normalized spacial score (nSPS) is 14.9. The second-order valence-electron chi connectivity index (χ2n) is 6.14. The van der Waals surface area contributed by atoms with Crippen LogP contribution in [0.2, 0.25) is 0 Å². The number of piperazine rings is 1. The minimum Gasteiger partial charge on any atom is -0.464 e. The largest absolute Gasteiger partial charge is 0.464 e. The van der Waals surface area contributed by atoms with Gasteiger partial charge in [-0.3, -0.25) is 4.79 Å². The number of hydrogen-bond donors (Lipinski definition) is 1. The lowest BCUT2D eigenvalue weighted by Gasteiger charge is -2.34. The fraction of sp³-hybridized carbons (Fsp3) is 0.444. The molecular weight excluding hydrogens is 306 g/mol. The maximum Gasteiger partial charge on any atom is 0.317 e. The topological polar surface area (TPSA) is 65.8 Å². The van der Waals surface area contributed by atoms with Gasteiger partial charge in [-0.1, -0.05) is 12.1 Å². The Hall–Kier alpha value is -2.50. The SMILES string of the molecule is CCNC(=O)N1CCN(C(=O)Cc2coc3cc(C)ccc23)CC1. The van der Waals surface area contributed by atoms with Gasteiger partial charge in [0.05, 0.1) is 12.7 Å². The van der Waals surface area contributed by atoms with Crippen molar-refractivity contribution in [3.05, 3.63) is 35.6 Å². The number of hydrogen-bond acceptors (Lipinski definition) is 3. The predicted molar refractivity (Wildman–Crippen MR) is 91.9 cm³/mol. The van der Waals surface area contributed by atoms with Gasteiger partial charge >= 0.3 is 6.03 Å². The molecule has 6 nitrogen and oxygen atoms in total. The van der Waals surface area contributed by atoms with Gasteiger partial charge in [-0.2, -0.15) is 0 Å². The van der Waals surface area contributed by atoms with E-state index in [9.17, 15) is 9.59 Å². The van der Waals surface area contributed by atoms with Gasteiger partial charge in [-0.05, 0) is 25.5 Å². The maximum atomic E-state index is 12.5. The number of rotatable bonds is 3. The lowest BCUT2D eigenvalue weighted by atomic mass is 10.1. The molecule has 0 aliphatic carbocycles. The minimum atomic E-state index is -0.0548. The summed E-state index contributed by atoms with van der Waals surface area (Å²) in [7, 11) is 0. The third-order valence-electron chi connectivity index (χ3n) is 4.40. The highest BCUT2D eigenvalue weighted by atomic mass is 16.3. The molecule has 6 heteroatoms. The molecule has 1 fully saturated rings. The van der Waals surface area contributed by atoms with Gasteiger partial charge in [0.1, 0.15) is 5.58 Å². The lowest BCUT2D eigenvalue weighted by Crippen LogP contribution is -2.53. The van der Waals surface area contributed by atoms with Crippen molar-refractivity contribution in [1.29, 1.82) is 0 Å². The number of nitrogens with zero attached hydrogens (tertiary/aromatic N) is 2. The Morgan fingerprint density at radius 2 is 1.88 bits per heavy atom. The Labute approximate surface area is 141 Å². The van der Waals surface area contributed by atoms with Gasteiger partial charge < -0.3 is 19.5 Å². The highest BCUT2D eigenvalue weighted by molar-refractivity contribution is 5.88.